The average molecular weight is 263 g/mol. The summed E-state index contributed by atoms with van der Waals surface area (Å²) in [6.07, 6.45) is 1.90. The normalized spacial score (nSPS) is 22.3. The number of hydrogen-bond acceptors (Lipinski definition) is 3. The molecule has 4 nitrogen and oxygen atoms in total. The molecule has 1 aliphatic rings. The van der Waals surface area contributed by atoms with Gasteiger partial charge < -0.3 is 14.7 Å². The van der Waals surface area contributed by atoms with Gasteiger partial charge in [0.25, 0.3) is 5.91 Å². The number of nitrogens with zero attached hydrogens (tertiary/aromatic N) is 1. The third-order valence-corrected chi connectivity index (χ3v) is 3.75. The molecule has 19 heavy (non-hydrogen) atoms. The molecule has 0 radical (unpaired) electrons. The van der Waals surface area contributed by atoms with E-state index >= 15 is 0 Å². The van der Waals surface area contributed by atoms with E-state index in [1.54, 1.807) is 31.1 Å². The third-order valence-electron chi connectivity index (χ3n) is 3.75. The number of aliphatic hydroxyl groups is 1. The van der Waals surface area contributed by atoms with Crippen LogP contribution in [0.3, 0.4) is 0 Å². The summed E-state index contributed by atoms with van der Waals surface area (Å²) in [5.74, 6) is -0.238. The Balaban J connectivity index is 2.18. The van der Waals surface area contributed by atoms with Crippen LogP contribution in [0.2, 0.25) is 0 Å². The van der Waals surface area contributed by atoms with E-state index in [2.05, 4.69) is 0 Å². The van der Waals surface area contributed by atoms with Gasteiger partial charge in [-0.05, 0) is 25.3 Å². The van der Waals surface area contributed by atoms with Gasteiger partial charge in [-0.2, -0.15) is 0 Å². The number of ether oxygens (including phenoxy) is 1. The maximum atomic E-state index is 12.6. The number of carbonyl (C=O) groups is 1. The van der Waals surface area contributed by atoms with Crippen LogP contribution in [0.25, 0.3) is 0 Å². The van der Waals surface area contributed by atoms with Crippen LogP contribution in [-0.2, 0) is 15.1 Å². The van der Waals surface area contributed by atoms with E-state index in [-0.39, 0.29) is 11.9 Å². The van der Waals surface area contributed by atoms with Gasteiger partial charge in [-0.25, -0.2) is 0 Å². The largest absolute Gasteiger partial charge is 0.383 e. The lowest BCUT2D eigenvalue weighted by molar-refractivity contribution is -0.152. The highest BCUT2D eigenvalue weighted by molar-refractivity contribution is 5.86. The zero-order valence-corrected chi connectivity index (χ0v) is 11.5. The minimum Gasteiger partial charge on any atom is -0.383 e. The Hall–Kier alpha value is -1.39. The summed E-state index contributed by atoms with van der Waals surface area (Å²) in [4.78, 5) is 14.3. The molecular weight excluding hydrogens is 242 g/mol. The van der Waals surface area contributed by atoms with Crippen molar-refractivity contribution in [1.82, 2.24) is 4.90 Å². The van der Waals surface area contributed by atoms with E-state index in [9.17, 15) is 9.90 Å². The van der Waals surface area contributed by atoms with Gasteiger partial charge in [0.05, 0.1) is 12.6 Å². The van der Waals surface area contributed by atoms with E-state index in [4.69, 9.17) is 4.74 Å². The fourth-order valence-electron chi connectivity index (χ4n) is 2.63. The van der Waals surface area contributed by atoms with Gasteiger partial charge in [-0.15, -0.1) is 0 Å². The maximum absolute atomic E-state index is 12.6. The monoisotopic (exact) mass is 263 g/mol. The second kappa shape index (κ2) is 5.72. The van der Waals surface area contributed by atoms with Crippen LogP contribution in [0.5, 0.6) is 0 Å². The van der Waals surface area contributed by atoms with Crippen molar-refractivity contribution in [2.45, 2.75) is 31.4 Å². The Morgan fingerprint density at radius 1 is 1.47 bits per heavy atom. The molecule has 0 spiro atoms. The first-order valence-corrected chi connectivity index (χ1v) is 6.65. The number of benzene rings is 1. The van der Waals surface area contributed by atoms with Crippen LogP contribution in [0.1, 0.15) is 25.3 Å². The van der Waals surface area contributed by atoms with Crippen molar-refractivity contribution in [3.8, 4) is 0 Å². The molecule has 2 atom stereocenters. The van der Waals surface area contributed by atoms with Gasteiger partial charge in [0.2, 0.25) is 0 Å². The SMILES string of the molecule is COCC1CCCN1C(=O)[C@](C)(O)c1ccccc1. The molecule has 1 N–H and O–H groups in total. The summed E-state index contributed by atoms with van der Waals surface area (Å²) in [7, 11) is 1.64. The number of methoxy groups -OCH3 is 1. The quantitative estimate of drug-likeness (QED) is 0.896. The lowest BCUT2D eigenvalue weighted by Crippen LogP contribution is -2.48. The predicted octanol–water partition coefficient (Wildman–Crippen LogP) is 1.53. The number of carbonyl (C=O) groups excluding carboxylic acids is 1. The average Bonchev–Trinajstić information content (AvgIpc) is 2.87. The molecule has 2 rings (SSSR count). The van der Waals surface area contributed by atoms with E-state index in [1.807, 2.05) is 18.2 Å². The summed E-state index contributed by atoms with van der Waals surface area (Å²) in [6, 6.07) is 9.15. The lowest BCUT2D eigenvalue weighted by Gasteiger charge is -2.32. The Kier molecular flexibility index (Phi) is 4.22. The first-order chi connectivity index (χ1) is 9.07. The number of rotatable bonds is 4. The zero-order valence-electron chi connectivity index (χ0n) is 11.5. The molecule has 1 fully saturated rings. The first kappa shape index (κ1) is 14.0. The van der Waals surface area contributed by atoms with Gasteiger partial charge in [0.1, 0.15) is 0 Å². The topological polar surface area (TPSA) is 49.8 Å². The van der Waals surface area contributed by atoms with Gasteiger partial charge in [-0.3, -0.25) is 4.79 Å². The molecule has 1 aromatic carbocycles. The van der Waals surface area contributed by atoms with Crippen molar-refractivity contribution in [3.63, 3.8) is 0 Å². The van der Waals surface area contributed by atoms with Gasteiger partial charge >= 0.3 is 0 Å². The Bertz CT molecular complexity index is 430. The summed E-state index contributed by atoms with van der Waals surface area (Å²) in [6.45, 7) is 2.78. The lowest BCUT2D eigenvalue weighted by atomic mass is 9.94. The molecule has 1 aromatic rings. The molecule has 1 aliphatic heterocycles. The zero-order chi connectivity index (χ0) is 13.9. The number of likely N-dealkylation sites (tertiary alicyclic amines) is 1. The summed E-state index contributed by atoms with van der Waals surface area (Å²) in [5, 5.41) is 10.6. The van der Waals surface area contributed by atoms with Crippen molar-refractivity contribution in [2.24, 2.45) is 0 Å². The standard InChI is InChI=1S/C15H21NO3/c1-15(18,12-7-4-3-5-8-12)14(17)16-10-6-9-13(16)11-19-2/h3-5,7-8,13,18H,6,9-11H2,1-2H3/t13?,15-/m1/s1. The molecule has 0 aliphatic carbocycles. The van der Waals surface area contributed by atoms with E-state index < -0.39 is 5.60 Å². The Morgan fingerprint density at radius 3 is 2.79 bits per heavy atom. The fourth-order valence-corrected chi connectivity index (χ4v) is 2.63. The Morgan fingerprint density at radius 2 is 2.16 bits per heavy atom. The van der Waals surface area contributed by atoms with Crippen LogP contribution >= 0.6 is 0 Å². The van der Waals surface area contributed by atoms with Crippen molar-refractivity contribution in [2.75, 3.05) is 20.3 Å². The first-order valence-electron chi connectivity index (χ1n) is 6.65. The molecule has 104 valence electrons. The molecular formula is C15H21NO3. The van der Waals surface area contributed by atoms with Crippen molar-refractivity contribution >= 4 is 5.91 Å². The second-order valence-corrected chi connectivity index (χ2v) is 5.19. The molecule has 1 heterocycles. The van der Waals surface area contributed by atoms with E-state index in [0.29, 0.717) is 18.7 Å². The van der Waals surface area contributed by atoms with Crippen LogP contribution in [0.15, 0.2) is 30.3 Å². The summed E-state index contributed by atoms with van der Waals surface area (Å²) >= 11 is 0. The third kappa shape index (κ3) is 2.80. The van der Waals surface area contributed by atoms with Gasteiger partial charge in [-0.1, -0.05) is 30.3 Å². The molecule has 4 heteroatoms. The minimum atomic E-state index is -1.47. The van der Waals surface area contributed by atoms with Crippen LogP contribution in [0.4, 0.5) is 0 Å². The number of amides is 1. The maximum Gasteiger partial charge on any atom is 0.259 e. The summed E-state index contributed by atoms with van der Waals surface area (Å²) < 4.78 is 5.15. The predicted molar refractivity (Wildman–Crippen MR) is 72.6 cm³/mol. The second-order valence-electron chi connectivity index (χ2n) is 5.19. The molecule has 1 unspecified atom stereocenters. The highest BCUT2D eigenvalue weighted by Crippen LogP contribution is 2.27. The Labute approximate surface area is 114 Å². The van der Waals surface area contributed by atoms with Crippen molar-refractivity contribution in [1.29, 1.82) is 0 Å². The molecule has 0 aromatic heterocycles. The van der Waals surface area contributed by atoms with Crippen molar-refractivity contribution < 1.29 is 14.6 Å². The molecule has 1 amide bonds. The van der Waals surface area contributed by atoms with Crippen molar-refractivity contribution in [3.05, 3.63) is 35.9 Å². The highest BCUT2D eigenvalue weighted by Gasteiger charge is 2.40. The van der Waals surface area contributed by atoms with Crippen LogP contribution in [-0.4, -0.2) is 42.2 Å². The fraction of sp³-hybridized carbons (Fsp3) is 0.533. The molecule has 1 saturated heterocycles. The van der Waals surface area contributed by atoms with Gasteiger partial charge in [0, 0.05) is 13.7 Å². The van der Waals surface area contributed by atoms with E-state index in [0.717, 1.165) is 12.8 Å². The number of hydrogen-bond donors (Lipinski definition) is 1. The van der Waals surface area contributed by atoms with E-state index in [1.165, 1.54) is 0 Å². The molecule has 0 bridgehead atoms. The smallest absolute Gasteiger partial charge is 0.259 e. The van der Waals surface area contributed by atoms with Gasteiger partial charge in [0.15, 0.2) is 5.60 Å². The molecule has 0 saturated carbocycles. The summed E-state index contributed by atoms with van der Waals surface area (Å²) in [5.41, 5.74) is -0.847. The highest BCUT2D eigenvalue weighted by atomic mass is 16.5. The van der Waals surface area contributed by atoms with Crippen LogP contribution < -0.4 is 0 Å². The van der Waals surface area contributed by atoms with Crippen LogP contribution in [0, 0.1) is 0 Å². The minimum absolute atomic E-state index is 0.0766.